The van der Waals surface area contributed by atoms with E-state index in [-0.39, 0.29) is 11.7 Å². The number of phenolic OH excluding ortho intramolecular Hbond substituents is 1. The van der Waals surface area contributed by atoms with E-state index in [0.717, 1.165) is 21.9 Å². The Balaban J connectivity index is 2.09. The molecule has 0 fully saturated rings. The maximum atomic E-state index is 10.1. The molecule has 0 aliphatic carbocycles. The van der Waals surface area contributed by atoms with Crippen molar-refractivity contribution in [3.8, 4) is 5.75 Å². The van der Waals surface area contributed by atoms with Gasteiger partial charge in [0.05, 0.1) is 0 Å². The van der Waals surface area contributed by atoms with Gasteiger partial charge < -0.3 is 10.8 Å². The molecule has 3 N–H and O–H groups in total. The van der Waals surface area contributed by atoms with Crippen LogP contribution in [0.25, 0.3) is 10.8 Å². The highest BCUT2D eigenvalue weighted by Gasteiger charge is 2.08. The number of anilines is 1. The van der Waals surface area contributed by atoms with Gasteiger partial charge >= 0.3 is 0 Å². The van der Waals surface area contributed by atoms with Crippen molar-refractivity contribution in [2.75, 3.05) is 5.73 Å². The smallest absolute Gasteiger partial charge is 0.219 e. The molecule has 4 nitrogen and oxygen atoms in total. The second-order valence-corrected chi connectivity index (χ2v) is 4.41. The first-order valence-electron chi connectivity index (χ1n) is 6.00. The normalized spacial score (nSPS) is 10.7. The van der Waals surface area contributed by atoms with Crippen LogP contribution < -0.4 is 5.73 Å². The van der Waals surface area contributed by atoms with Crippen molar-refractivity contribution in [3.63, 3.8) is 0 Å². The molecule has 2 aromatic carbocycles. The van der Waals surface area contributed by atoms with E-state index in [4.69, 9.17) is 5.73 Å². The van der Waals surface area contributed by atoms with Crippen molar-refractivity contribution in [2.45, 2.75) is 6.42 Å². The number of hydrogen-bond donors (Lipinski definition) is 2. The van der Waals surface area contributed by atoms with E-state index in [0.29, 0.717) is 6.42 Å². The van der Waals surface area contributed by atoms with Crippen LogP contribution in [-0.2, 0) is 6.42 Å². The van der Waals surface area contributed by atoms with Gasteiger partial charge in [-0.25, -0.2) is 9.97 Å². The van der Waals surface area contributed by atoms with Gasteiger partial charge in [-0.15, -0.1) is 0 Å². The van der Waals surface area contributed by atoms with E-state index in [1.165, 1.54) is 0 Å². The summed E-state index contributed by atoms with van der Waals surface area (Å²) in [6.45, 7) is 0. The number of aromatic hydroxyl groups is 1. The Kier molecular flexibility index (Phi) is 2.76. The van der Waals surface area contributed by atoms with E-state index in [1.807, 2.05) is 30.3 Å². The molecule has 4 heteroatoms. The summed E-state index contributed by atoms with van der Waals surface area (Å²) in [4.78, 5) is 7.94. The largest absolute Gasteiger partial charge is 0.508 e. The highest BCUT2D eigenvalue weighted by atomic mass is 16.3. The molecule has 1 heterocycles. The zero-order valence-corrected chi connectivity index (χ0v) is 10.2. The Morgan fingerprint density at radius 3 is 2.53 bits per heavy atom. The van der Waals surface area contributed by atoms with Gasteiger partial charge in [0.2, 0.25) is 5.95 Å². The molecular weight excluding hydrogens is 238 g/mol. The summed E-state index contributed by atoms with van der Waals surface area (Å²) in [7, 11) is 0. The predicted molar refractivity (Wildman–Crippen MR) is 74.9 cm³/mol. The molecule has 0 atom stereocenters. The number of aromatic nitrogens is 2. The quantitative estimate of drug-likeness (QED) is 0.734. The monoisotopic (exact) mass is 251 g/mol. The van der Waals surface area contributed by atoms with Gasteiger partial charge in [-0.1, -0.05) is 30.3 Å². The van der Waals surface area contributed by atoms with Gasteiger partial charge in [0.25, 0.3) is 0 Å². The van der Waals surface area contributed by atoms with E-state index in [9.17, 15) is 5.11 Å². The Morgan fingerprint density at radius 2 is 1.74 bits per heavy atom. The minimum atomic E-state index is 0.255. The second-order valence-electron chi connectivity index (χ2n) is 4.41. The number of nitrogen functional groups attached to an aromatic ring is 1. The van der Waals surface area contributed by atoms with Crippen LogP contribution in [0, 0.1) is 0 Å². The molecule has 0 spiro atoms. The zero-order valence-electron chi connectivity index (χ0n) is 10.2. The molecule has 94 valence electrons. The Bertz CT molecular complexity index is 723. The van der Waals surface area contributed by atoms with E-state index in [1.54, 1.807) is 18.5 Å². The van der Waals surface area contributed by atoms with Crippen molar-refractivity contribution >= 4 is 16.7 Å². The maximum Gasteiger partial charge on any atom is 0.219 e. The van der Waals surface area contributed by atoms with Gasteiger partial charge in [-0.2, -0.15) is 0 Å². The maximum absolute atomic E-state index is 10.1. The van der Waals surface area contributed by atoms with Crippen LogP contribution >= 0.6 is 0 Å². The Labute approximate surface area is 110 Å². The number of fused-ring (bicyclic) bond motifs is 1. The number of benzene rings is 2. The lowest BCUT2D eigenvalue weighted by Gasteiger charge is -2.09. The molecule has 0 unspecified atom stereocenters. The van der Waals surface area contributed by atoms with Crippen molar-refractivity contribution in [1.29, 1.82) is 0 Å². The molecule has 0 radical (unpaired) electrons. The Morgan fingerprint density at radius 1 is 1.00 bits per heavy atom. The van der Waals surface area contributed by atoms with Crippen LogP contribution in [0.1, 0.15) is 11.1 Å². The number of hydrogen-bond acceptors (Lipinski definition) is 4. The fourth-order valence-corrected chi connectivity index (χ4v) is 2.17. The van der Waals surface area contributed by atoms with Gasteiger partial charge in [-0.3, -0.25) is 0 Å². The van der Waals surface area contributed by atoms with Crippen LogP contribution in [-0.4, -0.2) is 15.1 Å². The van der Waals surface area contributed by atoms with E-state index in [2.05, 4.69) is 9.97 Å². The average molecular weight is 251 g/mol. The van der Waals surface area contributed by atoms with Crippen LogP contribution in [0.3, 0.4) is 0 Å². The third kappa shape index (κ3) is 2.20. The molecule has 0 bridgehead atoms. The predicted octanol–water partition coefficient (Wildman–Crippen LogP) is 2.51. The first kappa shape index (κ1) is 11.5. The highest BCUT2D eigenvalue weighted by molar-refractivity contribution is 5.87. The summed E-state index contributed by atoms with van der Waals surface area (Å²) in [6, 6.07) is 11.6. The number of rotatable bonds is 2. The molecule has 3 aromatic rings. The van der Waals surface area contributed by atoms with E-state index >= 15 is 0 Å². The van der Waals surface area contributed by atoms with Crippen LogP contribution in [0.4, 0.5) is 5.95 Å². The van der Waals surface area contributed by atoms with Crippen molar-refractivity contribution in [3.05, 3.63) is 59.9 Å². The lowest BCUT2D eigenvalue weighted by atomic mass is 9.99. The summed E-state index contributed by atoms with van der Waals surface area (Å²) in [5, 5.41) is 12.2. The van der Waals surface area contributed by atoms with Crippen LogP contribution in [0.5, 0.6) is 5.75 Å². The summed E-state index contributed by atoms with van der Waals surface area (Å²) in [6.07, 6.45) is 3.94. The summed E-state index contributed by atoms with van der Waals surface area (Å²) in [5.41, 5.74) is 7.27. The van der Waals surface area contributed by atoms with Gasteiger partial charge in [0, 0.05) is 24.4 Å². The third-order valence-electron chi connectivity index (χ3n) is 3.12. The summed E-state index contributed by atoms with van der Waals surface area (Å²) >= 11 is 0. The molecule has 1 aromatic heterocycles. The van der Waals surface area contributed by atoms with Crippen LogP contribution in [0.15, 0.2) is 48.8 Å². The molecule has 0 saturated heterocycles. The SMILES string of the molecule is Nc1ncc(Cc2c(O)ccc3ccccc23)cn1. The molecule has 0 saturated carbocycles. The standard InChI is InChI=1S/C15H13N3O/c16-15-17-8-10(9-18-15)7-13-12-4-2-1-3-11(12)5-6-14(13)19/h1-6,8-9,19H,7H2,(H2,16,17,18). The van der Waals surface area contributed by atoms with E-state index < -0.39 is 0 Å². The topological polar surface area (TPSA) is 72.0 Å². The van der Waals surface area contributed by atoms with Gasteiger partial charge in [-0.05, 0) is 22.4 Å². The first-order valence-corrected chi connectivity index (χ1v) is 6.00. The number of phenols is 1. The molecule has 0 amide bonds. The number of nitrogens with two attached hydrogens (primary N) is 1. The minimum Gasteiger partial charge on any atom is -0.508 e. The molecule has 19 heavy (non-hydrogen) atoms. The van der Waals surface area contributed by atoms with Crippen LogP contribution in [0.2, 0.25) is 0 Å². The van der Waals surface area contributed by atoms with Crippen molar-refractivity contribution in [2.24, 2.45) is 0 Å². The lowest BCUT2D eigenvalue weighted by Crippen LogP contribution is -1.97. The van der Waals surface area contributed by atoms with Crippen molar-refractivity contribution in [1.82, 2.24) is 9.97 Å². The molecular formula is C15H13N3O. The second kappa shape index (κ2) is 4.57. The fraction of sp³-hybridized carbons (Fsp3) is 0.0667. The van der Waals surface area contributed by atoms with Gasteiger partial charge in [0.1, 0.15) is 5.75 Å². The number of nitrogens with zero attached hydrogens (tertiary/aromatic N) is 2. The first-order chi connectivity index (χ1) is 9.24. The van der Waals surface area contributed by atoms with Gasteiger partial charge in [0.15, 0.2) is 0 Å². The fourth-order valence-electron chi connectivity index (χ4n) is 2.17. The lowest BCUT2D eigenvalue weighted by molar-refractivity contribution is 0.470. The third-order valence-corrected chi connectivity index (χ3v) is 3.12. The summed E-state index contributed by atoms with van der Waals surface area (Å²) in [5.74, 6) is 0.543. The highest BCUT2D eigenvalue weighted by Crippen LogP contribution is 2.28. The van der Waals surface area contributed by atoms with Crippen molar-refractivity contribution < 1.29 is 5.11 Å². The molecule has 0 aliphatic heterocycles. The Hall–Kier alpha value is -2.62. The summed E-state index contributed by atoms with van der Waals surface area (Å²) < 4.78 is 0. The zero-order chi connectivity index (χ0) is 13.2. The molecule has 3 rings (SSSR count). The minimum absolute atomic E-state index is 0.255. The average Bonchev–Trinajstić information content (AvgIpc) is 2.44. The molecule has 0 aliphatic rings.